The predicted molar refractivity (Wildman–Crippen MR) is 142 cm³/mol. The third kappa shape index (κ3) is 6.72. The average Bonchev–Trinajstić information content (AvgIpc) is 3.33. The molecule has 0 unspecified atom stereocenters. The molecule has 0 bridgehead atoms. The molecule has 1 atom stereocenters. The lowest BCUT2D eigenvalue weighted by Gasteiger charge is -2.23. The molecule has 1 fully saturated rings. The lowest BCUT2D eigenvalue weighted by molar-refractivity contribution is -0.151. The maximum Gasteiger partial charge on any atom is 0.311 e. The Morgan fingerprint density at radius 2 is 1.56 bits per heavy atom. The van der Waals surface area contributed by atoms with Gasteiger partial charge in [-0.15, -0.1) is 0 Å². The van der Waals surface area contributed by atoms with E-state index in [4.69, 9.17) is 14.2 Å². The molecule has 10 nitrogen and oxygen atoms in total. The summed E-state index contributed by atoms with van der Waals surface area (Å²) in [6, 6.07) is 23.3. The molecule has 202 valence electrons. The van der Waals surface area contributed by atoms with Crippen molar-refractivity contribution in [2.24, 2.45) is 5.92 Å². The molecular formula is C29H29N3O7. The Morgan fingerprint density at radius 1 is 0.923 bits per heavy atom. The van der Waals surface area contributed by atoms with E-state index in [0.29, 0.717) is 17.2 Å². The quantitative estimate of drug-likeness (QED) is 0.386. The van der Waals surface area contributed by atoms with Crippen LogP contribution in [0.3, 0.4) is 0 Å². The third-order valence-electron chi connectivity index (χ3n) is 6.26. The van der Waals surface area contributed by atoms with E-state index < -0.39 is 42.1 Å². The van der Waals surface area contributed by atoms with E-state index >= 15 is 0 Å². The monoisotopic (exact) mass is 531 g/mol. The fourth-order valence-electron chi connectivity index (χ4n) is 4.30. The Hall–Kier alpha value is -4.86. The van der Waals surface area contributed by atoms with Gasteiger partial charge in [0.05, 0.1) is 38.3 Å². The van der Waals surface area contributed by atoms with E-state index in [1.807, 2.05) is 60.7 Å². The second-order valence-electron chi connectivity index (χ2n) is 8.86. The number of nitrogens with one attached hydrogen (secondary N) is 2. The molecule has 2 N–H and O–H groups in total. The second kappa shape index (κ2) is 12.6. The Kier molecular flexibility index (Phi) is 8.78. The molecule has 39 heavy (non-hydrogen) atoms. The third-order valence-corrected chi connectivity index (χ3v) is 6.26. The Labute approximate surface area is 225 Å². The van der Waals surface area contributed by atoms with Crippen LogP contribution in [0, 0.1) is 5.92 Å². The molecule has 1 aliphatic heterocycles. The summed E-state index contributed by atoms with van der Waals surface area (Å²) in [6.45, 7) is -0.608. The summed E-state index contributed by atoms with van der Waals surface area (Å²) >= 11 is 0. The number of rotatable bonds is 10. The number of hydrogen-bond donors (Lipinski definition) is 2. The highest BCUT2D eigenvalue weighted by Crippen LogP contribution is 2.29. The zero-order chi connectivity index (χ0) is 27.8. The molecule has 0 aliphatic carbocycles. The van der Waals surface area contributed by atoms with Crippen molar-refractivity contribution >= 4 is 29.4 Å². The van der Waals surface area contributed by atoms with Crippen molar-refractivity contribution in [3.8, 4) is 11.5 Å². The first-order chi connectivity index (χ1) is 18.9. The smallest absolute Gasteiger partial charge is 0.311 e. The number of benzene rings is 3. The Bertz CT molecular complexity index is 1290. The van der Waals surface area contributed by atoms with E-state index in [1.165, 1.54) is 14.2 Å². The minimum Gasteiger partial charge on any atom is -0.497 e. The van der Waals surface area contributed by atoms with Gasteiger partial charge in [0.2, 0.25) is 5.91 Å². The maximum absolute atomic E-state index is 13.3. The van der Waals surface area contributed by atoms with Crippen molar-refractivity contribution in [2.75, 3.05) is 32.7 Å². The van der Waals surface area contributed by atoms with Gasteiger partial charge in [0, 0.05) is 12.5 Å². The van der Waals surface area contributed by atoms with Crippen LogP contribution in [0.25, 0.3) is 0 Å². The number of carbonyl (C=O) groups is 4. The number of esters is 1. The summed E-state index contributed by atoms with van der Waals surface area (Å²) in [7, 11) is 2.96. The number of hydrazine groups is 1. The fraction of sp³-hybridized carbons (Fsp3) is 0.241. The van der Waals surface area contributed by atoms with Gasteiger partial charge in [-0.3, -0.25) is 29.6 Å². The molecule has 0 spiro atoms. The number of nitrogens with zero attached hydrogens (tertiary/aromatic N) is 1. The number of carbonyl (C=O) groups excluding carboxylic acids is 4. The average molecular weight is 532 g/mol. The van der Waals surface area contributed by atoms with Gasteiger partial charge < -0.3 is 19.5 Å². The van der Waals surface area contributed by atoms with Crippen LogP contribution in [-0.2, 0) is 23.9 Å². The minimum absolute atomic E-state index is 0.0619. The predicted octanol–water partition coefficient (Wildman–Crippen LogP) is 2.90. The highest BCUT2D eigenvalue weighted by Gasteiger charge is 2.38. The van der Waals surface area contributed by atoms with Crippen LogP contribution in [0.15, 0.2) is 78.9 Å². The summed E-state index contributed by atoms with van der Waals surface area (Å²) in [5.74, 6) is -2.64. The summed E-state index contributed by atoms with van der Waals surface area (Å²) in [6.07, 6.45) is -0.144. The number of hydrogen-bond acceptors (Lipinski definition) is 7. The lowest BCUT2D eigenvalue weighted by atomic mass is 9.91. The van der Waals surface area contributed by atoms with Crippen molar-refractivity contribution < 1.29 is 33.4 Å². The zero-order valence-corrected chi connectivity index (χ0v) is 21.6. The first-order valence-electron chi connectivity index (χ1n) is 12.3. The molecule has 1 heterocycles. The molecule has 4 rings (SSSR count). The number of methoxy groups -OCH3 is 2. The summed E-state index contributed by atoms with van der Waals surface area (Å²) in [5, 5.41) is 3.75. The van der Waals surface area contributed by atoms with Gasteiger partial charge in [-0.05, 0) is 23.3 Å². The van der Waals surface area contributed by atoms with E-state index in [1.54, 1.807) is 18.2 Å². The number of anilines is 1. The van der Waals surface area contributed by atoms with Gasteiger partial charge in [0.15, 0.2) is 6.61 Å². The minimum atomic E-state index is -0.826. The maximum atomic E-state index is 13.3. The molecule has 3 amide bonds. The molecule has 0 aromatic heterocycles. The zero-order valence-electron chi connectivity index (χ0n) is 21.6. The first-order valence-corrected chi connectivity index (χ1v) is 12.3. The van der Waals surface area contributed by atoms with E-state index in [0.717, 1.165) is 16.1 Å². The Balaban J connectivity index is 1.34. The normalized spacial score (nSPS) is 14.6. The van der Waals surface area contributed by atoms with Gasteiger partial charge in [-0.1, -0.05) is 60.7 Å². The van der Waals surface area contributed by atoms with Crippen LogP contribution in [0.1, 0.15) is 23.5 Å². The van der Waals surface area contributed by atoms with Crippen LogP contribution >= 0.6 is 0 Å². The van der Waals surface area contributed by atoms with Gasteiger partial charge in [-0.2, -0.15) is 0 Å². The molecule has 1 aliphatic rings. The van der Waals surface area contributed by atoms with Gasteiger partial charge in [0.25, 0.3) is 11.8 Å². The molecular weight excluding hydrogens is 502 g/mol. The molecule has 1 saturated heterocycles. The van der Waals surface area contributed by atoms with Crippen LogP contribution in [0.4, 0.5) is 5.69 Å². The number of amides is 3. The lowest BCUT2D eigenvalue weighted by Crippen LogP contribution is -2.45. The van der Waals surface area contributed by atoms with Crippen LogP contribution < -0.4 is 20.2 Å². The SMILES string of the molecule is COc1ccc(NC(=O)COC(=O)[C@H]2CC(=O)N(NC(=O)C(c3ccccc3)c3ccccc3)C2)c(OC)c1. The van der Waals surface area contributed by atoms with Crippen LogP contribution in [-0.4, -0.2) is 56.1 Å². The van der Waals surface area contributed by atoms with Gasteiger partial charge in [0.1, 0.15) is 11.5 Å². The molecule has 3 aromatic carbocycles. The van der Waals surface area contributed by atoms with E-state index in [9.17, 15) is 19.2 Å². The molecule has 3 aromatic rings. The standard InChI is InChI=1S/C29H29N3O7/c1-37-22-13-14-23(24(16-22)38-2)30-25(33)18-39-29(36)21-15-26(34)32(17-21)31-28(35)27(19-9-5-3-6-10-19)20-11-7-4-8-12-20/h3-14,16,21,27H,15,17-18H2,1-2H3,(H,30,33)(H,31,35)/t21-/m0/s1. The van der Waals surface area contributed by atoms with Crippen LogP contribution in [0.5, 0.6) is 11.5 Å². The second-order valence-corrected chi connectivity index (χ2v) is 8.86. The largest absolute Gasteiger partial charge is 0.497 e. The molecule has 0 saturated carbocycles. The fourth-order valence-corrected chi connectivity index (χ4v) is 4.30. The van der Waals surface area contributed by atoms with Crippen molar-refractivity contribution in [3.63, 3.8) is 0 Å². The first kappa shape index (κ1) is 27.2. The molecule has 10 heteroatoms. The summed E-state index contributed by atoms with van der Waals surface area (Å²) < 4.78 is 15.5. The summed E-state index contributed by atoms with van der Waals surface area (Å²) in [4.78, 5) is 50.9. The van der Waals surface area contributed by atoms with E-state index in [2.05, 4.69) is 10.7 Å². The van der Waals surface area contributed by atoms with Crippen molar-refractivity contribution in [1.29, 1.82) is 0 Å². The van der Waals surface area contributed by atoms with Gasteiger partial charge in [-0.25, -0.2) is 0 Å². The van der Waals surface area contributed by atoms with Crippen LogP contribution in [0.2, 0.25) is 0 Å². The van der Waals surface area contributed by atoms with E-state index in [-0.39, 0.29) is 13.0 Å². The highest BCUT2D eigenvalue weighted by atomic mass is 16.5. The highest BCUT2D eigenvalue weighted by molar-refractivity contribution is 5.95. The summed E-state index contributed by atoms with van der Waals surface area (Å²) in [5.41, 5.74) is 4.58. The Morgan fingerprint density at radius 3 is 2.15 bits per heavy atom. The topological polar surface area (TPSA) is 123 Å². The van der Waals surface area contributed by atoms with Crippen molar-refractivity contribution in [2.45, 2.75) is 12.3 Å². The van der Waals surface area contributed by atoms with Crippen molar-refractivity contribution in [1.82, 2.24) is 10.4 Å². The number of ether oxygens (including phenoxy) is 3. The van der Waals surface area contributed by atoms with Crippen molar-refractivity contribution in [3.05, 3.63) is 90.0 Å². The van der Waals surface area contributed by atoms with Gasteiger partial charge >= 0.3 is 5.97 Å². The molecule has 0 radical (unpaired) electrons.